The van der Waals surface area contributed by atoms with E-state index < -0.39 is 0 Å². The van der Waals surface area contributed by atoms with Crippen LogP contribution in [-0.2, 0) is 6.61 Å². The maximum Gasteiger partial charge on any atom is 0.123 e. The highest BCUT2D eigenvalue weighted by Crippen LogP contribution is 2.16. The second kappa shape index (κ2) is 4.87. The first-order valence-corrected chi connectivity index (χ1v) is 5.38. The average molecular weight is 231 g/mol. The highest BCUT2D eigenvalue weighted by molar-refractivity contribution is 5.47. The third kappa shape index (κ3) is 2.97. The molecule has 0 unspecified atom stereocenters. The Bertz CT molecular complexity index is 508. The first kappa shape index (κ1) is 11.5. The van der Waals surface area contributed by atoms with E-state index >= 15 is 0 Å². The summed E-state index contributed by atoms with van der Waals surface area (Å²) in [4.78, 5) is 0. The minimum absolute atomic E-state index is 0.263. The van der Waals surface area contributed by atoms with Crippen molar-refractivity contribution in [2.75, 3.05) is 5.73 Å². The topological polar surface area (TPSA) is 35.2 Å². The molecule has 2 aromatic rings. The van der Waals surface area contributed by atoms with Crippen molar-refractivity contribution in [1.82, 2.24) is 0 Å². The lowest BCUT2D eigenvalue weighted by Crippen LogP contribution is -1.97. The van der Waals surface area contributed by atoms with Crippen LogP contribution in [0.4, 0.5) is 10.1 Å². The second-order valence-corrected chi connectivity index (χ2v) is 3.93. The number of nitrogens with two attached hydrogens (primary N) is 1. The van der Waals surface area contributed by atoms with Gasteiger partial charge < -0.3 is 10.5 Å². The Morgan fingerprint density at radius 1 is 1.12 bits per heavy atom. The standard InChI is InChI=1S/C14H14FNO/c1-10-8-11(2-7-14(10)16)9-17-13-5-3-12(15)4-6-13/h2-8H,9,16H2,1H3. The Kier molecular flexibility index (Phi) is 3.28. The van der Waals surface area contributed by atoms with Crippen LogP contribution in [0.2, 0.25) is 0 Å². The molecule has 2 rings (SSSR count). The molecule has 0 aliphatic carbocycles. The number of rotatable bonds is 3. The zero-order valence-corrected chi connectivity index (χ0v) is 9.61. The van der Waals surface area contributed by atoms with Crippen LogP contribution in [0.1, 0.15) is 11.1 Å². The molecule has 0 aromatic heterocycles. The van der Waals surface area contributed by atoms with Crippen LogP contribution in [0.3, 0.4) is 0 Å². The molecule has 0 aliphatic rings. The fourth-order valence-corrected chi connectivity index (χ4v) is 1.53. The Labute approximate surface area is 99.8 Å². The number of hydrogen-bond donors (Lipinski definition) is 1. The smallest absolute Gasteiger partial charge is 0.123 e. The summed E-state index contributed by atoms with van der Waals surface area (Å²) >= 11 is 0. The number of hydrogen-bond acceptors (Lipinski definition) is 2. The summed E-state index contributed by atoms with van der Waals surface area (Å²) in [5, 5.41) is 0. The number of ether oxygens (including phenoxy) is 1. The van der Waals surface area contributed by atoms with Crippen LogP contribution in [-0.4, -0.2) is 0 Å². The lowest BCUT2D eigenvalue weighted by atomic mass is 10.1. The van der Waals surface area contributed by atoms with Gasteiger partial charge in [0, 0.05) is 5.69 Å². The van der Waals surface area contributed by atoms with Gasteiger partial charge in [-0.1, -0.05) is 12.1 Å². The number of anilines is 1. The normalized spacial score (nSPS) is 10.2. The van der Waals surface area contributed by atoms with Crippen molar-refractivity contribution in [3.05, 3.63) is 59.4 Å². The third-order valence-corrected chi connectivity index (χ3v) is 2.55. The van der Waals surface area contributed by atoms with E-state index in [1.807, 2.05) is 25.1 Å². The minimum atomic E-state index is -0.263. The van der Waals surface area contributed by atoms with Crippen LogP contribution < -0.4 is 10.5 Å². The highest BCUT2D eigenvalue weighted by atomic mass is 19.1. The van der Waals surface area contributed by atoms with Crippen molar-refractivity contribution in [2.24, 2.45) is 0 Å². The number of aryl methyl sites for hydroxylation is 1. The van der Waals surface area contributed by atoms with Gasteiger partial charge in [0.05, 0.1) is 0 Å². The molecule has 2 nitrogen and oxygen atoms in total. The predicted molar refractivity (Wildman–Crippen MR) is 66.3 cm³/mol. The summed E-state index contributed by atoms with van der Waals surface area (Å²) in [7, 11) is 0. The molecule has 0 aliphatic heterocycles. The summed E-state index contributed by atoms with van der Waals surface area (Å²) in [6.45, 7) is 2.41. The molecule has 0 radical (unpaired) electrons. The molecule has 0 spiro atoms. The van der Waals surface area contributed by atoms with Crippen molar-refractivity contribution >= 4 is 5.69 Å². The molecule has 0 saturated carbocycles. The number of nitrogen functional groups attached to an aromatic ring is 1. The van der Waals surface area contributed by atoms with Crippen molar-refractivity contribution in [1.29, 1.82) is 0 Å². The molecule has 0 atom stereocenters. The predicted octanol–water partition coefficient (Wildman–Crippen LogP) is 3.30. The van der Waals surface area contributed by atoms with E-state index in [0.717, 1.165) is 16.8 Å². The monoisotopic (exact) mass is 231 g/mol. The van der Waals surface area contributed by atoms with Crippen molar-refractivity contribution in [3.8, 4) is 5.75 Å². The van der Waals surface area contributed by atoms with Crippen LogP contribution in [0.25, 0.3) is 0 Å². The van der Waals surface area contributed by atoms with Gasteiger partial charge in [-0.2, -0.15) is 0 Å². The van der Waals surface area contributed by atoms with Gasteiger partial charge in [-0.3, -0.25) is 0 Å². The fourth-order valence-electron chi connectivity index (χ4n) is 1.53. The van der Waals surface area contributed by atoms with E-state index in [-0.39, 0.29) is 5.82 Å². The van der Waals surface area contributed by atoms with Crippen LogP contribution >= 0.6 is 0 Å². The molecule has 17 heavy (non-hydrogen) atoms. The van der Waals surface area contributed by atoms with Gasteiger partial charge in [0.25, 0.3) is 0 Å². The van der Waals surface area contributed by atoms with Crippen molar-refractivity contribution < 1.29 is 9.13 Å². The number of halogens is 1. The minimum Gasteiger partial charge on any atom is -0.489 e. The second-order valence-electron chi connectivity index (χ2n) is 3.93. The Hall–Kier alpha value is -2.03. The molecule has 2 N–H and O–H groups in total. The number of benzene rings is 2. The molecule has 0 bridgehead atoms. The quantitative estimate of drug-likeness (QED) is 0.822. The largest absolute Gasteiger partial charge is 0.489 e. The van der Waals surface area contributed by atoms with Crippen molar-refractivity contribution in [3.63, 3.8) is 0 Å². The molecule has 0 saturated heterocycles. The zero-order valence-electron chi connectivity index (χ0n) is 9.61. The van der Waals surface area contributed by atoms with Gasteiger partial charge in [0.2, 0.25) is 0 Å². The van der Waals surface area contributed by atoms with E-state index in [1.54, 1.807) is 12.1 Å². The fraction of sp³-hybridized carbons (Fsp3) is 0.143. The van der Waals surface area contributed by atoms with Crippen LogP contribution in [0, 0.1) is 12.7 Å². The van der Waals surface area contributed by atoms with Crippen LogP contribution in [0.15, 0.2) is 42.5 Å². The van der Waals surface area contributed by atoms with Gasteiger partial charge in [-0.25, -0.2) is 4.39 Å². The maximum atomic E-state index is 12.7. The van der Waals surface area contributed by atoms with Crippen LogP contribution in [0.5, 0.6) is 5.75 Å². The highest BCUT2D eigenvalue weighted by Gasteiger charge is 1.99. The van der Waals surface area contributed by atoms with Gasteiger partial charge >= 0.3 is 0 Å². The summed E-state index contributed by atoms with van der Waals surface area (Å²) in [5.74, 6) is 0.390. The maximum absolute atomic E-state index is 12.7. The first-order chi connectivity index (χ1) is 8.15. The summed E-state index contributed by atoms with van der Waals surface area (Å²) < 4.78 is 18.2. The molecule has 2 aromatic carbocycles. The first-order valence-electron chi connectivity index (χ1n) is 5.38. The average Bonchev–Trinajstić information content (AvgIpc) is 2.33. The molecule has 0 heterocycles. The molecule has 0 fully saturated rings. The van der Waals surface area contributed by atoms with E-state index in [1.165, 1.54) is 12.1 Å². The third-order valence-electron chi connectivity index (χ3n) is 2.55. The summed E-state index contributed by atoms with van der Waals surface area (Å²) in [6.07, 6.45) is 0. The van der Waals surface area contributed by atoms with E-state index in [0.29, 0.717) is 12.4 Å². The molecular formula is C14H14FNO. The molecule has 88 valence electrons. The zero-order chi connectivity index (χ0) is 12.3. The molecule has 3 heteroatoms. The van der Waals surface area contributed by atoms with E-state index in [4.69, 9.17) is 10.5 Å². The van der Waals surface area contributed by atoms with Gasteiger partial charge in [0.1, 0.15) is 18.2 Å². The lowest BCUT2D eigenvalue weighted by molar-refractivity contribution is 0.305. The molecule has 0 amide bonds. The SMILES string of the molecule is Cc1cc(COc2ccc(F)cc2)ccc1N. The van der Waals surface area contributed by atoms with Crippen molar-refractivity contribution in [2.45, 2.75) is 13.5 Å². The van der Waals surface area contributed by atoms with Gasteiger partial charge in [-0.05, 0) is 48.4 Å². The molecular weight excluding hydrogens is 217 g/mol. The summed E-state index contributed by atoms with van der Waals surface area (Å²) in [6, 6.07) is 11.7. The Balaban J connectivity index is 2.02. The Morgan fingerprint density at radius 2 is 1.82 bits per heavy atom. The lowest BCUT2D eigenvalue weighted by Gasteiger charge is -2.08. The van der Waals surface area contributed by atoms with Gasteiger partial charge in [-0.15, -0.1) is 0 Å². The Morgan fingerprint density at radius 3 is 2.47 bits per heavy atom. The van der Waals surface area contributed by atoms with Gasteiger partial charge in [0.15, 0.2) is 0 Å². The summed E-state index contributed by atoms with van der Waals surface area (Å²) in [5.41, 5.74) is 8.58. The van der Waals surface area contributed by atoms with E-state index in [9.17, 15) is 4.39 Å². The van der Waals surface area contributed by atoms with E-state index in [2.05, 4.69) is 0 Å².